The fourth-order valence-corrected chi connectivity index (χ4v) is 2.11. The average molecular weight is 291 g/mol. The number of halogens is 3. The first-order valence-corrected chi connectivity index (χ1v) is 5.55. The molecule has 0 fully saturated rings. The van der Waals surface area contributed by atoms with Gasteiger partial charge in [0, 0.05) is 15.6 Å². The maximum absolute atomic E-state index is 6.07. The molecule has 0 N–H and O–H groups in total. The molecule has 14 heavy (non-hydrogen) atoms. The Labute approximate surface area is 100 Å². The molecular formula is C10H6BrCl2N. The highest BCUT2D eigenvalue weighted by Crippen LogP contribution is 2.31. The van der Waals surface area contributed by atoms with Crippen molar-refractivity contribution in [2.75, 3.05) is 0 Å². The van der Waals surface area contributed by atoms with Crippen LogP contribution in [0.2, 0.25) is 10.0 Å². The summed E-state index contributed by atoms with van der Waals surface area (Å²) in [4.78, 5) is 4.37. The summed E-state index contributed by atoms with van der Waals surface area (Å²) in [6, 6.07) is 5.51. The minimum Gasteiger partial charge on any atom is -0.253 e. The van der Waals surface area contributed by atoms with E-state index in [9.17, 15) is 0 Å². The van der Waals surface area contributed by atoms with Crippen LogP contribution in [0.15, 0.2) is 22.7 Å². The van der Waals surface area contributed by atoms with Crippen LogP contribution < -0.4 is 0 Å². The zero-order valence-electron chi connectivity index (χ0n) is 7.31. The highest BCUT2D eigenvalue weighted by Gasteiger charge is 2.05. The van der Waals surface area contributed by atoms with Gasteiger partial charge in [-0.05, 0) is 41.1 Å². The van der Waals surface area contributed by atoms with Gasteiger partial charge in [0.25, 0.3) is 0 Å². The second-order valence-corrected chi connectivity index (χ2v) is 4.70. The Bertz CT molecular complexity index is 511. The summed E-state index contributed by atoms with van der Waals surface area (Å²) in [5, 5.41) is 2.21. The molecule has 0 bridgehead atoms. The van der Waals surface area contributed by atoms with Crippen LogP contribution in [0.3, 0.4) is 0 Å². The average Bonchev–Trinajstić information content (AvgIpc) is 2.08. The van der Waals surface area contributed by atoms with Gasteiger partial charge in [-0.25, -0.2) is 0 Å². The number of fused-ring (bicyclic) bond motifs is 1. The zero-order chi connectivity index (χ0) is 10.3. The molecule has 0 amide bonds. The summed E-state index contributed by atoms with van der Waals surface area (Å²) in [7, 11) is 0. The minimum atomic E-state index is 0.644. The van der Waals surface area contributed by atoms with Crippen molar-refractivity contribution in [3.8, 4) is 0 Å². The first-order valence-electron chi connectivity index (χ1n) is 4.00. The van der Waals surface area contributed by atoms with Crippen LogP contribution in [-0.4, -0.2) is 4.98 Å². The predicted octanol–water partition coefficient (Wildman–Crippen LogP) is 4.61. The van der Waals surface area contributed by atoms with Gasteiger partial charge >= 0.3 is 0 Å². The Kier molecular flexibility index (Phi) is 2.69. The zero-order valence-corrected chi connectivity index (χ0v) is 10.4. The lowest BCUT2D eigenvalue weighted by Gasteiger charge is -2.03. The molecule has 0 aliphatic carbocycles. The van der Waals surface area contributed by atoms with E-state index >= 15 is 0 Å². The lowest BCUT2D eigenvalue weighted by Crippen LogP contribution is -1.85. The predicted molar refractivity (Wildman–Crippen MR) is 64.2 cm³/mol. The van der Waals surface area contributed by atoms with Crippen molar-refractivity contribution in [3.05, 3.63) is 38.4 Å². The lowest BCUT2D eigenvalue weighted by molar-refractivity contribution is 1.25. The summed E-state index contributed by atoms with van der Waals surface area (Å²) >= 11 is 15.4. The molecule has 0 radical (unpaired) electrons. The summed E-state index contributed by atoms with van der Waals surface area (Å²) < 4.78 is 0.834. The van der Waals surface area contributed by atoms with Crippen LogP contribution in [0, 0.1) is 6.92 Å². The molecule has 2 aromatic rings. The van der Waals surface area contributed by atoms with Crippen molar-refractivity contribution >= 4 is 50.0 Å². The van der Waals surface area contributed by atoms with Gasteiger partial charge in [0.15, 0.2) is 0 Å². The quantitative estimate of drug-likeness (QED) is 0.690. The molecule has 0 aliphatic rings. The van der Waals surface area contributed by atoms with Crippen LogP contribution >= 0.6 is 39.1 Å². The Morgan fingerprint density at radius 2 is 1.86 bits per heavy atom. The third-order valence-electron chi connectivity index (χ3n) is 1.93. The van der Waals surface area contributed by atoms with Crippen LogP contribution in [0.25, 0.3) is 10.9 Å². The van der Waals surface area contributed by atoms with Crippen molar-refractivity contribution < 1.29 is 0 Å². The Hall–Kier alpha value is -0.310. The Balaban J connectivity index is 2.89. The molecule has 1 aromatic carbocycles. The number of hydrogen-bond acceptors (Lipinski definition) is 1. The maximum atomic E-state index is 6.07. The van der Waals surface area contributed by atoms with Crippen molar-refractivity contribution in [2.24, 2.45) is 0 Å². The van der Waals surface area contributed by atoms with Crippen LogP contribution in [0.4, 0.5) is 0 Å². The maximum Gasteiger partial charge on any atom is 0.0732 e. The van der Waals surface area contributed by atoms with E-state index in [2.05, 4.69) is 20.9 Å². The van der Waals surface area contributed by atoms with E-state index in [1.54, 1.807) is 0 Å². The molecule has 1 nitrogen and oxygen atoms in total. The topological polar surface area (TPSA) is 12.9 Å². The first-order chi connectivity index (χ1) is 6.58. The molecule has 4 heteroatoms. The molecule has 0 atom stereocenters. The highest BCUT2D eigenvalue weighted by molar-refractivity contribution is 9.10. The fraction of sp³-hybridized carbons (Fsp3) is 0.100. The second kappa shape index (κ2) is 3.69. The lowest BCUT2D eigenvalue weighted by atomic mass is 10.2. The van der Waals surface area contributed by atoms with E-state index in [0.29, 0.717) is 10.0 Å². The largest absolute Gasteiger partial charge is 0.253 e. The highest BCUT2D eigenvalue weighted by atomic mass is 79.9. The molecule has 72 valence electrons. The Morgan fingerprint density at radius 3 is 2.57 bits per heavy atom. The van der Waals surface area contributed by atoms with E-state index < -0.39 is 0 Å². The number of nitrogens with zero attached hydrogens (tertiary/aromatic N) is 1. The summed E-state index contributed by atoms with van der Waals surface area (Å²) in [5.74, 6) is 0. The standard InChI is InChI=1S/C10H6BrCl2N/c1-5-2-8(12)6-3-9(13)7(11)4-10(6)14-5/h2-4H,1H3. The Morgan fingerprint density at radius 1 is 1.14 bits per heavy atom. The van der Waals surface area contributed by atoms with Gasteiger partial charge in [0.1, 0.15) is 0 Å². The molecule has 0 spiro atoms. The summed E-state index contributed by atoms with van der Waals surface area (Å²) in [6.45, 7) is 1.91. The smallest absolute Gasteiger partial charge is 0.0732 e. The third-order valence-corrected chi connectivity index (χ3v) is 3.44. The van der Waals surface area contributed by atoms with Crippen LogP contribution in [0.5, 0.6) is 0 Å². The van der Waals surface area contributed by atoms with Gasteiger partial charge in [-0.15, -0.1) is 0 Å². The van der Waals surface area contributed by atoms with Crippen molar-refractivity contribution in [2.45, 2.75) is 6.92 Å². The number of aromatic nitrogens is 1. The van der Waals surface area contributed by atoms with Gasteiger partial charge in [-0.2, -0.15) is 0 Å². The van der Waals surface area contributed by atoms with Crippen molar-refractivity contribution in [1.29, 1.82) is 0 Å². The van der Waals surface area contributed by atoms with Gasteiger partial charge in [0.2, 0.25) is 0 Å². The van der Waals surface area contributed by atoms with Crippen LogP contribution in [-0.2, 0) is 0 Å². The number of hydrogen-bond donors (Lipinski definition) is 0. The first kappa shape index (κ1) is 10.2. The van der Waals surface area contributed by atoms with Crippen molar-refractivity contribution in [3.63, 3.8) is 0 Å². The van der Waals surface area contributed by atoms with E-state index in [1.807, 2.05) is 25.1 Å². The molecular weight excluding hydrogens is 285 g/mol. The van der Waals surface area contributed by atoms with Crippen molar-refractivity contribution in [1.82, 2.24) is 4.98 Å². The van der Waals surface area contributed by atoms with Crippen LogP contribution in [0.1, 0.15) is 5.69 Å². The summed E-state index contributed by atoms with van der Waals surface area (Å²) in [6.07, 6.45) is 0. The fourth-order valence-electron chi connectivity index (χ4n) is 1.30. The SMILES string of the molecule is Cc1cc(Cl)c2cc(Cl)c(Br)cc2n1. The summed E-state index contributed by atoms with van der Waals surface area (Å²) in [5.41, 5.74) is 1.75. The molecule has 1 aromatic heterocycles. The van der Waals surface area contributed by atoms with Gasteiger partial charge < -0.3 is 0 Å². The molecule has 0 unspecified atom stereocenters. The number of rotatable bonds is 0. The van der Waals surface area contributed by atoms with Gasteiger partial charge in [-0.3, -0.25) is 4.98 Å². The van der Waals surface area contributed by atoms with Gasteiger partial charge in [0.05, 0.1) is 15.6 Å². The third kappa shape index (κ3) is 1.74. The monoisotopic (exact) mass is 289 g/mol. The number of aryl methyl sites for hydroxylation is 1. The van der Waals surface area contributed by atoms with E-state index in [1.165, 1.54) is 0 Å². The van der Waals surface area contributed by atoms with E-state index in [0.717, 1.165) is 21.1 Å². The molecule has 0 saturated heterocycles. The van der Waals surface area contributed by atoms with Gasteiger partial charge in [-0.1, -0.05) is 23.2 Å². The van der Waals surface area contributed by atoms with E-state index in [4.69, 9.17) is 23.2 Å². The molecule has 2 rings (SSSR count). The van der Waals surface area contributed by atoms with E-state index in [-0.39, 0.29) is 0 Å². The minimum absolute atomic E-state index is 0.644. The number of benzene rings is 1. The normalized spacial score (nSPS) is 10.9. The second-order valence-electron chi connectivity index (χ2n) is 3.03. The molecule has 0 saturated carbocycles. The number of pyridine rings is 1. The molecule has 1 heterocycles. The molecule has 0 aliphatic heterocycles.